The summed E-state index contributed by atoms with van der Waals surface area (Å²) in [6.45, 7) is 5.45. The molecule has 0 fully saturated rings. The fraction of sp³-hybridized carbons (Fsp3) is 0.500. The Kier molecular flexibility index (Phi) is 4.15. The lowest BCUT2D eigenvalue weighted by atomic mass is 10.1. The highest BCUT2D eigenvalue weighted by Gasteiger charge is 2.14. The molecule has 1 rings (SSSR count). The molecule has 2 atom stereocenters. The third kappa shape index (κ3) is 2.65. The lowest BCUT2D eigenvalue weighted by Crippen LogP contribution is -2.38. The zero-order chi connectivity index (χ0) is 12.3. The number of methoxy groups -OCH3 is 1. The van der Waals surface area contributed by atoms with E-state index in [9.17, 15) is 5.11 Å². The third-order valence-electron chi connectivity index (χ3n) is 2.50. The van der Waals surface area contributed by atoms with Crippen LogP contribution in [0.15, 0.2) is 12.1 Å². The van der Waals surface area contributed by atoms with Crippen molar-refractivity contribution in [1.29, 1.82) is 0 Å². The highest BCUT2D eigenvalue weighted by atomic mass is 16.5. The van der Waals surface area contributed by atoms with Crippen molar-refractivity contribution in [1.82, 2.24) is 0 Å². The number of hydrogen-bond acceptors (Lipinski definition) is 4. The van der Waals surface area contributed by atoms with Crippen LogP contribution >= 0.6 is 0 Å². The second-order valence-electron chi connectivity index (χ2n) is 3.86. The molecule has 1 aromatic rings. The van der Waals surface area contributed by atoms with E-state index in [1.807, 2.05) is 26.0 Å². The van der Waals surface area contributed by atoms with Crippen LogP contribution in [0.5, 0.6) is 11.5 Å². The smallest absolute Gasteiger partial charge is 0.173 e. The summed E-state index contributed by atoms with van der Waals surface area (Å²) in [5.41, 5.74) is 7.56. The van der Waals surface area contributed by atoms with Gasteiger partial charge in [0.2, 0.25) is 0 Å². The Morgan fingerprint density at radius 3 is 2.44 bits per heavy atom. The minimum absolute atomic E-state index is 0.635. The van der Waals surface area contributed by atoms with E-state index in [0.29, 0.717) is 5.75 Å². The predicted molar refractivity (Wildman–Crippen MR) is 62.8 cm³/mol. The fourth-order valence-electron chi connectivity index (χ4n) is 1.50. The van der Waals surface area contributed by atoms with E-state index >= 15 is 0 Å². The zero-order valence-electron chi connectivity index (χ0n) is 10.2. The first-order chi connectivity index (χ1) is 7.47. The molecule has 90 valence electrons. The maximum absolute atomic E-state index is 9.27. The second-order valence-corrected chi connectivity index (χ2v) is 3.86. The molecule has 0 aliphatic rings. The lowest BCUT2D eigenvalue weighted by molar-refractivity contribution is 0.0522. The number of aliphatic hydroxyl groups excluding tert-OH is 1. The summed E-state index contributed by atoms with van der Waals surface area (Å²) < 4.78 is 10.7. The van der Waals surface area contributed by atoms with Gasteiger partial charge in [0.05, 0.1) is 7.11 Å². The quantitative estimate of drug-likeness (QED) is 0.759. The van der Waals surface area contributed by atoms with Gasteiger partial charge in [-0.1, -0.05) is 6.07 Å². The molecule has 0 radical (unpaired) electrons. The Hall–Kier alpha value is -1.26. The summed E-state index contributed by atoms with van der Waals surface area (Å²) in [4.78, 5) is 0. The van der Waals surface area contributed by atoms with Gasteiger partial charge in [0, 0.05) is 5.56 Å². The van der Waals surface area contributed by atoms with Crippen molar-refractivity contribution in [2.24, 2.45) is 5.73 Å². The minimum atomic E-state index is -0.730. The molecule has 0 amide bonds. The van der Waals surface area contributed by atoms with E-state index in [1.54, 1.807) is 14.0 Å². The minimum Gasteiger partial charge on any atom is -0.496 e. The van der Waals surface area contributed by atoms with Gasteiger partial charge >= 0.3 is 0 Å². The topological polar surface area (TPSA) is 64.7 Å². The number of hydrogen-bond donors (Lipinski definition) is 2. The summed E-state index contributed by atoms with van der Waals surface area (Å²) >= 11 is 0. The maximum atomic E-state index is 9.27. The molecule has 0 heterocycles. The van der Waals surface area contributed by atoms with E-state index < -0.39 is 12.3 Å². The van der Waals surface area contributed by atoms with Gasteiger partial charge in [0.1, 0.15) is 17.6 Å². The normalized spacial score (nSPS) is 14.4. The van der Waals surface area contributed by atoms with E-state index in [-0.39, 0.29) is 0 Å². The molecule has 2 unspecified atom stereocenters. The van der Waals surface area contributed by atoms with Crippen LogP contribution in [-0.4, -0.2) is 24.5 Å². The number of benzene rings is 1. The molecular formula is C12H19NO3. The van der Waals surface area contributed by atoms with Crippen molar-refractivity contribution < 1.29 is 14.6 Å². The van der Waals surface area contributed by atoms with Crippen LogP contribution in [0.4, 0.5) is 0 Å². The molecule has 0 aliphatic carbocycles. The monoisotopic (exact) mass is 225 g/mol. The number of nitrogens with two attached hydrogens (primary N) is 1. The number of aliphatic hydroxyl groups is 1. The van der Waals surface area contributed by atoms with E-state index in [0.717, 1.165) is 16.9 Å². The van der Waals surface area contributed by atoms with Gasteiger partial charge < -0.3 is 14.6 Å². The average molecular weight is 225 g/mol. The Labute approximate surface area is 96.0 Å². The van der Waals surface area contributed by atoms with Crippen LogP contribution in [0.25, 0.3) is 0 Å². The Morgan fingerprint density at radius 1 is 1.31 bits per heavy atom. The van der Waals surface area contributed by atoms with Gasteiger partial charge in [-0.25, -0.2) is 0 Å². The summed E-state index contributed by atoms with van der Waals surface area (Å²) in [5.74, 6) is 1.42. The first kappa shape index (κ1) is 12.8. The van der Waals surface area contributed by atoms with Gasteiger partial charge in [0.25, 0.3) is 0 Å². The van der Waals surface area contributed by atoms with Crippen molar-refractivity contribution >= 4 is 0 Å². The maximum Gasteiger partial charge on any atom is 0.173 e. The number of ether oxygens (including phenoxy) is 2. The number of rotatable bonds is 4. The second kappa shape index (κ2) is 5.18. The van der Waals surface area contributed by atoms with Crippen LogP contribution < -0.4 is 15.2 Å². The molecule has 0 saturated carbocycles. The van der Waals surface area contributed by atoms with Crippen molar-refractivity contribution in [3.8, 4) is 11.5 Å². The average Bonchev–Trinajstić information content (AvgIpc) is 2.22. The summed E-state index contributed by atoms with van der Waals surface area (Å²) in [5, 5.41) is 9.27. The fourth-order valence-corrected chi connectivity index (χ4v) is 1.50. The Bertz CT molecular complexity index is 364. The van der Waals surface area contributed by atoms with Crippen molar-refractivity contribution in [2.45, 2.75) is 33.1 Å². The predicted octanol–water partition coefficient (Wildman–Crippen LogP) is 1.36. The third-order valence-corrected chi connectivity index (χ3v) is 2.50. The molecule has 0 aliphatic heterocycles. The van der Waals surface area contributed by atoms with E-state index in [4.69, 9.17) is 15.2 Å². The summed E-state index contributed by atoms with van der Waals surface area (Å²) in [6.07, 6.45) is -1.45. The molecule has 0 saturated heterocycles. The molecule has 0 bridgehead atoms. The SMILES string of the molecule is COc1c(C)ccc(OC(N)C(C)O)c1C. The highest BCUT2D eigenvalue weighted by molar-refractivity contribution is 5.48. The van der Waals surface area contributed by atoms with E-state index in [1.165, 1.54) is 0 Å². The first-order valence-corrected chi connectivity index (χ1v) is 5.22. The van der Waals surface area contributed by atoms with Crippen molar-refractivity contribution in [2.75, 3.05) is 7.11 Å². The molecule has 1 aromatic carbocycles. The Morgan fingerprint density at radius 2 is 1.94 bits per heavy atom. The van der Waals surface area contributed by atoms with Crippen LogP contribution in [0.2, 0.25) is 0 Å². The Balaban J connectivity index is 2.98. The summed E-state index contributed by atoms with van der Waals surface area (Å²) in [6, 6.07) is 3.73. The molecule has 0 spiro atoms. The lowest BCUT2D eigenvalue weighted by Gasteiger charge is -2.20. The van der Waals surface area contributed by atoms with Gasteiger partial charge in [-0.2, -0.15) is 0 Å². The van der Waals surface area contributed by atoms with Gasteiger partial charge in [-0.15, -0.1) is 0 Å². The number of aryl methyl sites for hydroxylation is 1. The van der Waals surface area contributed by atoms with Gasteiger partial charge in [-0.05, 0) is 32.4 Å². The molecule has 4 nitrogen and oxygen atoms in total. The van der Waals surface area contributed by atoms with Crippen LogP contribution in [0.3, 0.4) is 0 Å². The van der Waals surface area contributed by atoms with E-state index in [2.05, 4.69) is 0 Å². The van der Waals surface area contributed by atoms with Crippen molar-refractivity contribution in [3.63, 3.8) is 0 Å². The first-order valence-electron chi connectivity index (χ1n) is 5.22. The molecule has 0 aromatic heterocycles. The van der Waals surface area contributed by atoms with Gasteiger partial charge in [0.15, 0.2) is 6.23 Å². The molecule has 3 N–H and O–H groups in total. The largest absolute Gasteiger partial charge is 0.496 e. The standard InChI is InChI=1S/C12H19NO3/c1-7-5-6-10(8(2)11(7)15-4)16-12(13)9(3)14/h5-6,9,12,14H,13H2,1-4H3. The highest BCUT2D eigenvalue weighted by Crippen LogP contribution is 2.31. The van der Waals surface area contributed by atoms with Crippen LogP contribution in [0, 0.1) is 13.8 Å². The molecule has 4 heteroatoms. The zero-order valence-corrected chi connectivity index (χ0v) is 10.2. The van der Waals surface area contributed by atoms with Gasteiger partial charge in [-0.3, -0.25) is 5.73 Å². The summed E-state index contributed by atoms with van der Waals surface area (Å²) in [7, 11) is 1.62. The van der Waals surface area contributed by atoms with Crippen LogP contribution in [0.1, 0.15) is 18.1 Å². The molecule has 16 heavy (non-hydrogen) atoms. The molecular weight excluding hydrogens is 206 g/mol. The van der Waals surface area contributed by atoms with Crippen molar-refractivity contribution in [3.05, 3.63) is 23.3 Å². The van der Waals surface area contributed by atoms with Crippen LogP contribution in [-0.2, 0) is 0 Å².